The van der Waals surface area contributed by atoms with Gasteiger partial charge in [0, 0.05) is 10.0 Å². The molecule has 2 rings (SSSR count). The largest absolute Gasteiger partial charge is 0.384 e. The highest BCUT2D eigenvalue weighted by Crippen LogP contribution is 2.33. The molecule has 0 aliphatic rings. The van der Waals surface area contributed by atoms with E-state index in [4.69, 9.17) is 0 Å². The number of halogens is 3. The molecule has 1 N–H and O–H groups in total. The minimum atomic E-state index is -0.995. The van der Waals surface area contributed by atoms with Crippen molar-refractivity contribution < 1.29 is 13.9 Å². The summed E-state index contributed by atoms with van der Waals surface area (Å²) in [5.41, 5.74) is 2.31. The molecule has 0 aromatic heterocycles. The van der Waals surface area contributed by atoms with Gasteiger partial charge < -0.3 is 5.11 Å². The van der Waals surface area contributed by atoms with Crippen molar-refractivity contribution >= 4 is 15.9 Å². The van der Waals surface area contributed by atoms with E-state index in [2.05, 4.69) is 15.9 Å². The van der Waals surface area contributed by atoms with Crippen LogP contribution in [0.2, 0.25) is 0 Å². The number of rotatable bonds is 2. The first kappa shape index (κ1) is 14.2. The van der Waals surface area contributed by atoms with Crippen molar-refractivity contribution in [3.05, 3.63) is 68.7 Å². The van der Waals surface area contributed by atoms with Gasteiger partial charge in [0.1, 0.15) is 17.7 Å². The average Bonchev–Trinajstić information content (AvgIpc) is 2.30. The molecule has 0 radical (unpaired) electrons. The molecule has 2 aromatic carbocycles. The topological polar surface area (TPSA) is 20.2 Å². The van der Waals surface area contributed by atoms with Gasteiger partial charge in [-0.2, -0.15) is 0 Å². The summed E-state index contributed by atoms with van der Waals surface area (Å²) in [4.78, 5) is 0. The standard InChI is InChI=1S/C15H13BrF2O/c1-8-5-11(18)6-9(2)14(8)15(19)12-7-10(17)3-4-13(12)16/h3-7,15,19H,1-2H3. The van der Waals surface area contributed by atoms with Gasteiger partial charge in [-0.05, 0) is 60.9 Å². The van der Waals surface area contributed by atoms with Crippen LogP contribution in [0, 0.1) is 25.5 Å². The molecule has 0 heterocycles. The minimum Gasteiger partial charge on any atom is -0.384 e. The number of hydrogen-bond donors (Lipinski definition) is 1. The Kier molecular flexibility index (Phi) is 4.02. The smallest absolute Gasteiger partial charge is 0.123 e. The van der Waals surface area contributed by atoms with E-state index in [1.165, 1.54) is 24.3 Å². The van der Waals surface area contributed by atoms with Crippen molar-refractivity contribution in [2.24, 2.45) is 0 Å². The zero-order valence-corrected chi connectivity index (χ0v) is 12.1. The van der Waals surface area contributed by atoms with Crippen LogP contribution < -0.4 is 0 Å². The van der Waals surface area contributed by atoms with Gasteiger partial charge in [0.05, 0.1) is 0 Å². The molecule has 1 unspecified atom stereocenters. The number of aliphatic hydroxyl groups is 1. The van der Waals surface area contributed by atoms with Gasteiger partial charge in [0.25, 0.3) is 0 Å². The molecule has 0 fully saturated rings. The van der Waals surface area contributed by atoms with E-state index in [0.29, 0.717) is 26.7 Å². The number of aliphatic hydroxyl groups excluding tert-OH is 1. The fraction of sp³-hybridized carbons (Fsp3) is 0.200. The summed E-state index contributed by atoms with van der Waals surface area (Å²) in [6.07, 6.45) is -0.995. The summed E-state index contributed by atoms with van der Waals surface area (Å²) in [6, 6.07) is 6.85. The van der Waals surface area contributed by atoms with E-state index in [-0.39, 0.29) is 5.82 Å². The van der Waals surface area contributed by atoms with Crippen LogP contribution in [-0.4, -0.2) is 5.11 Å². The lowest BCUT2D eigenvalue weighted by Gasteiger charge is -2.18. The first-order valence-corrected chi connectivity index (χ1v) is 6.59. The van der Waals surface area contributed by atoms with E-state index in [9.17, 15) is 13.9 Å². The molecular weight excluding hydrogens is 314 g/mol. The van der Waals surface area contributed by atoms with E-state index >= 15 is 0 Å². The number of hydrogen-bond acceptors (Lipinski definition) is 1. The summed E-state index contributed by atoms with van der Waals surface area (Å²) in [5.74, 6) is -0.765. The second kappa shape index (κ2) is 5.39. The van der Waals surface area contributed by atoms with Gasteiger partial charge in [-0.25, -0.2) is 8.78 Å². The molecule has 0 amide bonds. The molecule has 1 nitrogen and oxygen atoms in total. The Morgan fingerprint density at radius 1 is 1.00 bits per heavy atom. The van der Waals surface area contributed by atoms with Crippen LogP contribution in [0.25, 0.3) is 0 Å². The quantitative estimate of drug-likeness (QED) is 0.865. The second-order valence-corrected chi connectivity index (χ2v) is 5.38. The molecule has 100 valence electrons. The molecule has 2 aromatic rings. The van der Waals surface area contributed by atoms with E-state index in [1.807, 2.05) is 0 Å². The molecular formula is C15H13BrF2O. The summed E-state index contributed by atoms with van der Waals surface area (Å²) < 4.78 is 27.2. The average molecular weight is 327 g/mol. The predicted molar refractivity (Wildman–Crippen MR) is 74.0 cm³/mol. The SMILES string of the molecule is Cc1cc(F)cc(C)c1C(O)c1cc(F)ccc1Br. The van der Waals surface area contributed by atoms with Crippen molar-refractivity contribution in [3.8, 4) is 0 Å². The van der Waals surface area contributed by atoms with Crippen molar-refractivity contribution in [2.75, 3.05) is 0 Å². The van der Waals surface area contributed by atoms with Crippen molar-refractivity contribution in [1.29, 1.82) is 0 Å². The third-order valence-corrected chi connectivity index (χ3v) is 3.81. The van der Waals surface area contributed by atoms with Crippen LogP contribution >= 0.6 is 15.9 Å². The lowest BCUT2D eigenvalue weighted by molar-refractivity contribution is 0.217. The number of benzene rings is 2. The fourth-order valence-corrected chi connectivity index (χ4v) is 2.70. The molecule has 19 heavy (non-hydrogen) atoms. The van der Waals surface area contributed by atoms with Crippen LogP contribution in [0.3, 0.4) is 0 Å². The molecule has 4 heteroatoms. The summed E-state index contributed by atoms with van der Waals surface area (Å²) in [5, 5.41) is 10.4. The molecule has 0 bridgehead atoms. The van der Waals surface area contributed by atoms with Crippen LogP contribution in [0.15, 0.2) is 34.8 Å². The molecule has 0 aliphatic carbocycles. The van der Waals surface area contributed by atoms with Gasteiger partial charge in [-0.3, -0.25) is 0 Å². The Morgan fingerprint density at radius 3 is 2.16 bits per heavy atom. The maximum Gasteiger partial charge on any atom is 0.123 e. The Hall–Kier alpha value is -1.26. The van der Waals surface area contributed by atoms with Gasteiger partial charge in [0.15, 0.2) is 0 Å². The fourth-order valence-electron chi connectivity index (χ4n) is 2.23. The molecule has 0 saturated heterocycles. The maximum absolute atomic E-state index is 13.3. The van der Waals surface area contributed by atoms with Gasteiger partial charge in [-0.15, -0.1) is 0 Å². The molecule has 0 spiro atoms. The second-order valence-electron chi connectivity index (χ2n) is 4.52. The maximum atomic E-state index is 13.3. The van der Waals surface area contributed by atoms with E-state index in [0.717, 1.165) is 0 Å². The highest BCUT2D eigenvalue weighted by Gasteiger charge is 2.19. The van der Waals surface area contributed by atoms with Crippen LogP contribution in [-0.2, 0) is 0 Å². The highest BCUT2D eigenvalue weighted by molar-refractivity contribution is 9.10. The number of aryl methyl sites for hydroxylation is 2. The van der Waals surface area contributed by atoms with E-state index < -0.39 is 11.9 Å². The molecule has 1 atom stereocenters. The first-order valence-electron chi connectivity index (χ1n) is 5.80. The van der Waals surface area contributed by atoms with Crippen LogP contribution in [0.1, 0.15) is 28.4 Å². The van der Waals surface area contributed by atoms with E-state index in [1.54, 1.807) is 19.9 Å². The third-order valence-electron chi connectivity index (χ3n) is 3.08. The Labute approximate surface area is 119 Å². The summed E-state index contributed by atoms with van der Waals surface area (Å²) >= 11 is 3.29. The minimum absolute atomic E-state index is 0.343. The first-order chi connectivity index (χ1) is 8.90. The van der Waals surface area contributed by atoms with Crippen molar-refractivity contribution in [3.63, 3.8) is 0 Å². The Bertz CT molecular complexity index is 603. The summed E-state index contributed by atoms with van der Waals surface area (Å²) in [6.45, 7) is 3.45. The highest BCUT2D eigenvalue weighted by atomic mass is 79.9. The van der Waals surface area contributed by atoms with Gasteiger partial charge in [0.2, 0.25) is 0 Å². The Balaban J connectivity index is 2.56. The van der Waals surface area contributed by atoms with Crippen LogP contribution in [0.5, 0.6) is 0 Å². The van der Waals surface area contributed by atoms with Gasteiger partial charge >= 0.3 is 0 Å². The lowest BCUT2D eigenvalue weighted by atomic mass is 9.93. The summed E-state index contributed by atoms with van der Waals surface area (Å²) in [7, 11) is 0. The monoisotopic (exact) mass is 326 g/mol. The lowest BCUT2D eigenvalue weighted by Crippen LogP contribution is -2.06. The molecule has 0 aliphatic heterocycles. The van der Waals surface area contributed by atoms with Crippen molar-refractivity contribution in [1.82, 2.24) is 0 Å². The predicted octanol–water partition coefficient (Wildman–Crippen LogP) is 4.43. The normalized spacial score (nSPS) is 12.5. The Morgan fingerprint density at radius 2 is 1.58 bits per heavy atom. The zero-order chi connectivity index (χ0) is 14.2. The van der Waals surface area contributed by atoms with Crippen molar-refractivity contribution in [2.45, 2.75) is 20.0 Å². The zero-order valence-electron chi connectivity index (χ0n) is 10.5. The third kappa shape index (κ3) is 2.85. The van der Waals surface area contributed by atoms with Gasteiger partial charge in [-0.1, -0.05) is 15.9 Å². The van der Waals surface area contributed by atoms with Crippen LogP contribution in [0.4, 0.5) is 8.78 Å². The molecule has 0 saturated carbocycles.